The van der Waals surface area contributed by atoms with Gasteiger partial charge >= 0.3 is 0 Å². The molecule has 1 saturated heterocycles. The number of allylic oxidation sites excluding steroid dienone is 1. The number of β-amino-alcohol motifs (C(OH)–C–C–N with tert-alkyl or cyclic N) is 1. The number of carbonyl (C=O) groups is 3. The van der Waals surface area contributed by atoms with Crippen molar-refractivity contribution in [2.45, 2.75) is 69.1 Å². The maximum absolute atomic E-state index is 13.9. The molecule has 10 nitrogen and oxygen atoms in total. The van der Waals surface area contributed by atoms with Crippen LogP contribution in [0.25, 0.3) is 16.8 Å². The van der Waals surface area contributed by atoms with Crippen LogP contribution in [0.2, 0.25) is 0 Å². The van der Waals surface area contributed by atoms with Crippen molar-refractivity contribution in [1.29, 1.82) is 0 Å². The topological polar surface area (TPSA) is 143 Å². The van der Waals surface area contributed by atoms with Crippen LogP contribution >= 0.6 is 0 Å². The van der Waals surface area contributed by atoms with Crippen LogP contribution in [0.3, 0.4) is 0 Å². The first-order valence-corrected chi connectivity index (χ1v) is 14.2. The molecule has 2 heterocycles. The number of aliphatic hydroxyl groups excluding tert-OH is 1. The summed E-state index contributed by atoms with van der Waals surface area (Å²) < 4.78 is 1.54. The van der Waals surface area contributed by atoms with Crippen LogP contribution in [0.15, 0.2) is 66.4 Å². The number of nitrogens with zero attached hydrogens (tertiary/aromatic N) is 4. The van der Waals surface area contributed by atoms with Gasteiger partial charge in [-0.1, -0.05) is 59.8 Å². The lowest BCUT2D eigenvalue weighted by Gasteiger charge is -2.29. The molecular weight excluding hydrogens is 520 g/mol. The van der Waals surface area contributed by atoms with E-state index in [1.807, 2.05) is 60.8 Å². The lowest BCUT2D eigenvalue weighted by atomic mass is 9.90. The van der Waals surface area contributed by atoms with Gasteiger partial charge in [-0.3, -0.25) is 14.4 Å². The van der Waals surface area contributed by atoms with Crippen molar-refractivity contribution in [3.63, 3.8) is 0 Å². The molecular formula is C31H34N6O4. The minimum absolute atomic E-state index is 0.0140. The molecule has 3 amide bonds. The average Bonchev–Trinajstić information content (AvgIpc) is 3.55. The molecule has 3 aromatic rings. The van der Waals surface area contributed by atoms with Crippen molar-refractivity contribution in [2.24, 2.45) is 5.73 Å². The van der Waals surface area contributed by atoms with E-state index in [0.717, 1.165) is 60.1 Å². The van der Waals surface area contributed by atoms with Gasteiger partial charge in [-0.25, -0.2) is 4.68 Å². The third-order valence-electron chi connectivity index (χ3n) is 8.23. The van der Waals surface area contributed by atoms with E-state index in [-0.39, 0.29) is 25.3 Å². The predicted octanol–water partition coefficient (Wildman–Crippen LogP) is 2.39. The highest BCUT2D eigenvalue weighted by molar-refractivity contribution is 6.15. The number of likely N-dealkylation sites (tertiary alicyclic amines) is 1. The summed E-state index contributed by atoms with van der Waals surface area (Å²) >= 11 is 0. The Kier molecular flexibility index (Phi) is 7.40. The van der Waals surface area contributed by atoms with Crippen LogP contribution in [0.4, 0.5) is 0 Å². The lowest BCUT2D eigenvalue weighted by Crippen LogP contribution is -2.53. The summed E-state index contributed by atoms with van der Waals surface area (Å²) in [5, 5.41) is 21.8. The Morgan fingerprint density at radius 2 is 1.73 bits per heavy atom. The molecule has 0 radical (unpaired) electrons. The van der Waals surface area contributed by atoms with Crippen molar-refractivity contribution in [2.75, 3.05) is 6.54 Å². The first kappa shape index (κ1) is 26.9. The van der Waals surface area contributed by atoms with Crippen LogP contribution in [0.1, 0.15) is 55.7 Å². The fraction of sp³-hybridized carbons (Fsp3) is 0.387. The second-order valence-corrected chi connectivity index (χ2v) is 11.3. The van der Waals surface area contributed by atoms with Gasteiger partial charge in [-0.05, 0) is 54.4 Å². The van der Waals surface area contributed by atoms with E-state index in [4.69, 9.17) is 5.73 Å². The van der Waals surface area contributed by atoms with E-state index in [1.165, 1.54) is 9.58 Å². The van der Waals surface area contributed by atoms with Gasteiger partial charge < -0.3 is 21.1 Å². The molecule has 0 spiro atoms. The Morgan fingerprint density at radius 1 is 1.02 bits per heavy atom. The second-order valence-electron chi connectivity index (χ2n) is 11.3. The van der Waals surface area contributed by atoms with Gasteiger partial charge in [0.15, 0.2) is 0 Å². The lowest BCUT2D eigenvalue weighted by molar-refractivity contribution is -0.136. The molecule has 1 aromatic heterocycles. The fourth-order valence-electron chi connectivity index (χ4n) is 5.57. The van der Waals surface area contributed by atoms with E-state index in [1.54, 1.807) is 0 Å². The SMILES string of the molecule is NC(=O)[C@@H](Cc1ccc(-c2ccccc2)cc1)NC(=O)[C@@H]1C[C@@H](O)CN1C(=O)C(=C1CCC1)n1cc(C2CC2)nn1. The molecule has 0 unspecified atom stereocenters. The molecule has 10 heteroatoms. The highest BCUT2D eigenvalue weighted by Gasteiger charge is 2.42. The first-order chi connectivity index (χ1) is 19.9. The standard InChI is InChI=1S/C31H34N6O4/c32-29(39)25(15-19-9-11-21(12-10-19)20-5-2-1-3-6-20)33-30(40)27-16-24(38)17-36(27)31(41)28(23-7-4-8-23)37-18-26(34-35-37)22-13-14-22/h1-3,5-6,9-12,18,22,24-25,27,38H,4,7-8,13-17H2,(H2,32,39)(H,33,40)/t24-,25-,27+/m1/s1. The Hall–Kier alpha value is -4.31. The summed E-state index contributed by atoms with van der Waals surface area (Å²) in [5.74, 6) is -1.17. The van der Waals surface area contributed by atoms with Crippen molar-refractivity contribution >= 4 is 23.4 Å². The van der Waals surface area contributed by atoms with Crippen molar-refractivity contribution in [3.05, 3.63) is 77.6 Å². The van der Waals surface area contributed by atoms with Crippen molar-refractivity contribution < 1.29 is 19.5 Å². The smallest absolute Gasteiger partial charge is 0.273 e. The number of amides is 3. The number of benzene rings is 2. The van der Waals surface area contributed by atoms with Crippen molar-refractivity contribution in [1.82, 2.24) is 25.2 Å². The van der Waals surface area contributed by atoms with Gasteiger partial charge in [0.2, 0.25) is 11.8 Å². The molecule has 3 aliphatic rings. The highest BCUT2D eigenvalue weighted by atomic mass is 16.3. The zero-order valence-electron chi connectivity index (χ0n) is 22.8. The van der Waals surface area contributed by atoms with E-state index < -0.39 is 30.0 Å². The van der Waals surface area contributed by atoms with Crippen LogP contribution in [0, 0.1) is 0 Å². The molecule has 2 aliphatic carbocycles. The zero-order valence-corrected chi connectivity index (χ0v) is 22.8. The third-order valence-corrected chi connectivity index (χ3v) is 8.23. The number of aliphatic hydroxyl groups is 1. The number of aromatic nitrogens is 3. The Morgan fingerprint density at radius 3 is 2.37 bits per heavy atom. The summed E-state index contributed by atoms with van der Waals surface area (Å²) in [6.07, 6.45) is 5.89. The van der Waals surface area contributed by atoms with Gasteiger partial charge in [0.25, 0.3) is 5.91 Å². The number of carbonyl (C=O) groups excluding carboxylic acids is 3. The zero-order chi connectivity index (χ0) is 28.5. The monoisotopic (exact) mass is 554 g/mol. The minimum Gasteiger partial charge on any atom is -0.391 e. The van der Waals surface area contributed by atoms with Gasteiger partial charge in [0.05, 0.1) is 18.0 Å². The second kappa shape index (κ2) is 11.3. The number of hydrogen-bond donors (Lipinski definition) is 3. The quantitative estimate of drug-likeness (QED) is 0.347. The number of nitrogens with one attached hydrogen (secondary N) is 1. The molecule has 3 fully saturated rings. The third kappa shape index (κ3) is 5.78. The molecule has 2 saturated carbocycles. The van der Waals surface area contributed by atoms with Crippen LogP contribution in [-0.2, 0) is 20.8 Å². The van der Waals surface area contributed by atoms with Gasteiger partial charge in [0.1, 0.15) is 17.8 Å². The van der Waals surface area contributed by atoms with Crippen LogP contribution < -0.4 is 11.1 Å². The van der Waals surface area contributed by atoms with Gasteiger partial charge in [-0.15, -0.1) is 5.10 Å². The van der Waals surface area contributed by atoms with E-state index >= 15 is 0 Å². The number of rotatable bonds is 9. The number of nitrogens with two attached hydrogens (primary N) is 1. The van der Waals surface area contributed by atoms with E-state index in [2.05, 4.69) is 15.6 Å². The Bertz CT molecular complexity index is 1470. The van der Waals surface area contributed by atoms with Crippen LogP contribution in [0.5, 0.6) is 0 Å². The van der Waals surface area contributed by atoms with Crippen molar-refractivity contribution in [3.8, 4) is 11.1 Å². The maximum Gasteiger partial charge on any atom is 0.273 e. The maximum atomic E-state index is 13.9. The molecule has 6 rings (SSSR count). The molecule has 1 aliphatic heterocycles. The summed E-state index contributed by atoms with van der Waals surface area (Å²) in [6, 6.07) is 15.8. The van der Waals surface area contributed by atoms with E-state index in [0.29, 0.717) is 11.6 Å². The van der Waals surface area contributed by atoms with E-state index in [9.17, 15) is 19.5 Å². The summed E-state index contributed by atoms with van der Waals surface area (Å²) in [4.78, 5) is 41.1. The number of primary amides is 1. The molecule has 41 heavy (non-hydrogen) atoms. The predicted molar refractivity (Wildman–Crippen MR) is 152 cm³/mol. The molecule has 3 atom stereocenters. The highest BCUT2D eigenvalue weighted by Crippen LogP contribution is 2.39. The first-order valence-electron chi connectivity index (χ1n) is 14.2. The fourth-order valence-corrected chi connectivity index (χ4v) is 5.57. The minimum atomic E-state index is -0.972. The molecule has 0 bridgehead atoms. The molecule has 4 N–H and O–H groups in total. The van der Waals surface area contributed by atoms with Crippen LogP contribution in [-0.4, -0.2) is 67.5 Å². The number of hydrogen-bond acceptors (Lipinski definition) is 6. The summed E-state index contributed by atoms with van der Waals surface area (Å²) in [7, 11) is 0. The summed E-state index contributed by atoms with van der Waals surface area (Å²) in [5.41, 5.74) is 10.9. The van der Waals surface area contributed by atoms with Gasteiger partial charge in [0, 0.05) is 25.3 Å². The largest absolute Gasteiger partial charge is 0.391 e. The van der Waals surface area contributed by atoms with Gasteiger partial charge in [-0.2, -0.15) is 0 Å². The average molecular weight is 555 g/mol. The Labute approximate surface area is 238 Å². The normalized spacial score (nSPS) is 20.8. The Balaban J connectivity index is 1.17. The summed E-state index contributed by atoms with van der Waals surface area (Å²) in [6.45, 7) is 0.0140. The molecule has 2 aromatic carbocycles. The molecule has 212 valence electrons.